The normalized spacial score (nSPS) is 23.3. The molecule has 5 aromatic rings. The number of pyridine rings is 1. The molecule has 8 nitrogen and oxygen atoms in total. The smallest absolute Gasteiger partial charge is 0.353 e. The Kier molecular flexibility index (Phi) is 6.52. The lowest BCUT2D eigenvalue weighted by molar-refractivity contribution is 0.387. The van der Waals surface area contributed by atoms with Gasteiger partial charge in [0, 0.05) is 46.1 Å². The van der Waals surface area contributed by atoms with Gasteiger partial charge in [0.25, 0.3) is 0 Å². The number of nitrogens with zero attached hydrogens (tertiary/aromatic N) is 5. The number of fused-ring (bicyclic) bond motifs is 6. The highest BCUT2D eigenvalue weighted by atomic mass is 19.1. The minimum Gasteiger partial charge on any atom is -0.508 e. The summed E-state index contributed by atoms with van der Waals surface area (Å²) in [4.78, 5) is 33.0. The van der Waals surface area contributed by atoms with Gasteiger partial charge < -0.3 is 10.4 Å². The summed E-state index contributed by atoms with van der Waals surface area (Å²) in [5.74, 6) is 2.61. The van der Waals surface area contributed by atoms with Crippen LogP contribution in [0.1, 0.15) is 87.4 Å². The summed E-state index contributed by atoms with van der Waals surface area (Å²) in [7, 11) is 0. The summed E-state index contributed by atoms with van der Waals surface area (Å²) in [6, 6.07) is 9.34. The fourth-order valence-corrected chi connectivity index (χ4v) is 8.35. The van der Waals surface area contributed by atoms with Gasteiger partial charge in [0.05, 0.1) is 28.3 Å². The van der Waals surface area contributed by atoms with Crippen LogP contribution in [0, 0.1) is 30.0 Å². The molecule has 9 heteroatoms. The average molecular weight is 615 g/mol. The third-order valence-electron chi connectivity index (χ3n) is 10.3. The van der Waals surface area contributed by atoms with Crippen LogP contribution in [0.2, 0.25) is 0 Å². The summed E-state index contributed by atoms with van der Waals surface area (Å²) >= 11 is 0. The number of phenolic OH excluding ortho intramolecular Hbond substituents is 1. The highest BCUT2D eigenvalue weighted by Crippen LogP contribution is 2.63. The SMILES string of the molecule is C#Cc1cccc2cc(O)cc(-c3ncc4c(C5C6CC7CCC(N7)[C@H]65)nc(=O)n(-c5c(C(C)C)ncnc5C(C)C)c4c3F)c12. The third-order valence-corrected chi connectivity index (χ3v) is 10.3. The van der Waals surface area contributed by atoms with Crippen LogP contribution in [0.15, 0.2) is 47.7 Å². The van der Waals surface area contributed by atoms with E-state index in [9.17, 15) is 9.90 Å². The van der Waals surface area contributed by atoms with Crippen LogP contribution in [0.5, 0.6) is 5.75 Å². The van der Waals surface area contributed by atoms with E-state index in [1.54, 1.807) is 24.4 Å². The summed E-state index contributed by atoms with van der Waals surface area (Å²) in [6.07, 6.45) is 12.3. The van der Waals surface area contributed by atoms with E-state index in [1.807, 2.05) is 33.8 Å². The Morgan fingerprint density at radius 3 is 2.57 bits per heavy atom. The molecule has 46 heavy (non-hydrogen) atoms. The fourth-order valence-electron chi connectivity index (χ4n) is 8.35. The zero-order valence-electron chi connectivity index (χ0n) is 26.3. The Morgan fingerprint density at radius 2 is 1.85 bits per heavy atom. The van der Waals surface area contributed by atoms with Crippen LogP contribution in [0.3, 0.4) is 0 Å². The molecule has 3 aromatic heterocycles. The van der Waals surface area contributed by atoms with Crippen LogP contribution >= 0.6 is 0 Å². The van der Waals surface area contributed by atoms with Crippen LogP contribution < -0.4 is 11.0 Å². The predicted octanol–water partition coefficient (Wildman–Crippen LogP) is 6.32. The molecule has 4 unspecified atom stereocenters. The van der Waals surface area contributed by atoms with E-state index in [0.717, 1.165) is 12.8 Å². The van der Waals surface area contributed by atoms with Gasteiger partial charge in [-0.15, -0.1) is 6.42 Å². The fraction of sp³-hybridized carbons (Fsp3) is 0.378. The second kappa shape index (κ2) is 10.4. The van der Waals surface area contributed by atoms with E-state index >= 15 is 4.39 Å². The Morgan fingerprint density at radius 1 is 1.09 bits per heavy atom. The molecule has 2 aliphatic heterocycles. The third kappa shape index (κ3) is 4.19. The number of aromatic nitrogens is 5. The summed E-state index contributed by atoms with van der Waals surface area (Å²) in [5, 5.41) is 16.2. The number of hydrogen-bond acceptors (Lipinski definition) is 7. The lowest BCUT2D eigenvalue weighted by atomic mass is 9.95. The van der Waals surface area contributed by atoms with Crippen molar-refractivity contribution in [2.45, 2.75) is 76.8 Å². The van der Waals surface area contributed by atoms with E-state index in [0.29, 0.717) is 74.0 Å². The van der Waals surface area contributed by atoms with Gasteiger partial charge in [-0.05, 0) is 66.5 Å². The maximum absolute atomic E-state index is 17.6. The summed E-state index contributed by atoms with van der Waals surface area (Å²) in [6.45, 7) is 7.97. The Labute approximate surface area is 266 Å². The highest BCUT2D eigenvalue weighted by molar-refractivity contribution is 6.02. The van der Waals surface area contributed by atoms with E-state index in [1.165, 1.54) is 23.4 Å². The van der Waals surface area contributed by atoms with Crippen molar-refractivity contribution < 1.29 is 9.50 Å². The first kappa shape index (κ1) is 28.8. The van der Waals surface area contributed by atoms with Crippen molar-refractivity contribution in [3.8, 4) is 35.0 Å². The highest BCUT2D eigenvalue weighted by Gasteiger charge is 2.61. The number of nitrogens with one attached hydrogen (secondary N) is 1. The van der Waals surface area contributed by atoms with Crippen molar-refractivity contribution in [3.63, 3.8) is 0 Å². The molecule has 3 aliphatic rings. The minimum absolute atomic E-state index is 0.00983. The molecular formula is C37H35FN6O2. The van der Waals surface area contributed by atoms with E-state index in [4.69, 9.17) is 16.4 Å². The standard InChI is InChI=1S/C37H35FN6O2/c1-6-19-8-7-9-20-12-22(45)14-24(27(19)20)34-30(38)35-25(15-39-34)33(29-23-13-21-10-11-26(42-21)28(23)29)43-37(46)44(35)36-31(17(2)3)40-16-41-32(36)18(4)5/h1,7-9,12,14-18,21,23,26,28-29,42,45H,10-11,13H2,2-5H3/t21?,23?,26?,28-,29?/m0/s1. The van der Waals surface area contributed by atoms with Gasteiger partial charge in [0.2, 0.25) is 0 Å². The van der Waals surface area contributed by atoms with Gasteiger partial charge in [-0.3, -0.25) is 9.55 Å². The maximum Gasteiger partial charge on any atom is 0.353 e. The first-order valence-corrected chi connectivity index (χ1v) is 16.1. The second-order valence-electron chi connectivity index (χ2n) is 13.7. The molecule has 2 bridgehead atoms. The second-order valence-corrected chi connectivity index (χ2v) is 13.7. The van der Waals surface area contributed by atoms with Crippen molar-refractivity contribution in [3.05, 3.63) is 81.8 Å². The Hall–Kier alpha value is -4.68. The molecule has 5 atom stereocenters. The zero-order valence-corrected chi connectivity index (χ0v) is 26.3. The molecule has 2 N–H and O–H groups in total. The van der Waals surface area contributed by atoms with Crippen molar-refractivity contribution in [2.75, 3.05) is 0 Å². The lowest BCUT2D eigenvalue weighted by Crippen LogP contribution is -2.35. The molecular weight excluding hydrogens is 579 g/mol. The molecule has 2 aromatic carbocycles. The zero-order chi connectivity index (χ0) is 32.0. The summed E-state index contributed by atoms with van der Waals surface area (Å²) < 4.78 is 19.0. The van der Waals surface area contributed by atoms with E-state index in [-0.39, 0.29) is 34.7 Å². The van der Waals surface area contributed by atoms with Gasteiger partial charge in [-0.1, -0.05) is 45.7 Å². The first-order valence-electron chi connectivity index (χ1n) is 16.1. The van der Waals surface area contributed by atoms with E-state index < -0.39 is 11.5 Å². The molecule has 5 heterocycles. The van der Waals surface area contributed by atoms with Gasteiger partial charge in [-0.2, -0.15) is 4.98 Å². The molecule has 1 saturated carbocycles. The number of rotatable bonds is 5. The molecule has 0 amide bonds. The average Bonchev–Trinajstić information content (AvgIpc) is 3.63. The van der Waals surface area contributed by atoms with Crippen LogP contribution in [-0.4, -0.2) is 41.7 Å². The van der Waals surface area contributed by atoms with Gasteiger partial charge >= 0.3 is 5.69 Å². The van der Waals surface area contributed by atoms with Gasteiger partial charge in [0.15, 0.2) is 5.82 Å². The van der Waals surface area contributed by atoms with Gasteiger partial charge in [0.1, 0.15) is 17.8 Å². The number of terminal acetylenes is 1. The van der Waals surface area contributed by atoms with Crippen molar-refractivity contribution >= 4 is 21.7 Å². The van der Waals surface area contributed by atoms with Crippen LogP contribution in [0.25, 0.3) is 38.6 Å². The molecule has 0 radical (unpaired) electrons. The molecule has 2 saturated heterocycles. The van der Waals surface area contributed by atoms with Crippen molar-refractivity contribution in [1.82, 2.24) is 29.8 Å². The molecule has 3 fully saturated rings. The lowest BCUT2D eigenvalue weighted by Gasteiger charge is -2.22. The Bertz CT molecular complexity index is 2160. The first-order chi connectivity index (χ1) is 22.2. The molecule has 0 spiro atoms. The number of benzene rings is 2. The molecule has 1 aliphatic carbocycles. The number of halogens is 1. The van der Waals surface area contributed by atoms with Crippen LogP contribution in [-0.2, 0) is 0 Å². The quantitative estimate of drug-likeness (QED) is 0.223. The number of piperidine rings is 1. The minimum atomic E-state index is -0.687. The monoisotopic (exact) mass is 614 g/mol. The predicted molar refractivity (Wildman–Crippen MR) is 176 cm³/mol. The molecule has 8 rings (SSSR count). The number of aromatic hydroxyl groups is 1. The van der Waals surface area contributed by atoms with Crippen LogP contribution in [0.4, 0.5) is 4.39 Å². The maximum atomic E-state index is 17.6. The number of phenols is 1. The Balaban J connectivity index is 1.47. The van der Waals surface area contributed by atoms with Crippen molar-refractivity contribution in [1.29, 1.82) is 0 Å². The summed E-state index contributed by atoms with van der Waals surface area (Å²) in [5.41, 5.74) is 2.74. The van der Waals surface area contributed by atoms with Gasteiger partial charge in [-0.25, -0.2) is 19.2 Å². The topological polar surface area (TPSA) is 106 Å². The van der Waals surface area contributed by atoms with E-state index in [2.05, 4.69) is 21.2 Å². The molecule has 232 valence electrons. The number of hydrogen-bond donors (Lipinski definition) is 2. The van der Waals surface area contributed by atoms with Crippen molar-refractivity contribution in [2.24, 2.45) is 11.8 Å². The largest absolute Gasteiger partial charge is 0.508 e.